The van der Waals surface area contributed by atoms with Crippen LogP contribution in [0.15, 0.2) is 97.3 Å². The monoisotopic (exact) mass is 446 g/mol. The molecule has 34 heavy (non-hydrogen) atoms. The maximum absolute atomic E-state index is 12.9. The van der Waals surface area contributed by atoms with Gasteiger partial charge in [0.15, 0.2) is 0 Å². The van der Waals surface area contributed by atoms with Gasteiger partial charge in [-0.15, -0.1) is 5.10 Å². The third kappa shape index (κ3) is 4.59. The molecule has 5 aromatic rings. The molecule has 0 spiro atoms. The lowest BCUT2D eigenvalue weighted by atomic mass is 10.0. The van der Waals surface area contributed by atoms with Gasteiger partial charge in [0.05, 0.1) is 5.69 Å². The van der Waals surface area contributed by atoms with Crippen LogP contribution in [0.25, 0.3) is 33.6 Å². The zero-order valence-electron chi connectivity index (χ0n) is 18.6. The largest absolute Gasteiger partial charge is 0.309 e. The van der Waals surface area contributed by atoms with E-state index in [1.165, 1.54) is 0 Å². The van der Waals surface area contributed by atoms with Crippen molar-refractivity contribution >= 4 is 11.7 Å². The summed E-state index contributed by atoms with van der Waals surface area (Å²) in [7, 11) is 0. The molecule has 0 unspecified atom stereocenters. The number of benzene rings is 2. The number of carbonyl (C=O) groups is 1. The highest BCUT2D eigenvalue weighted by atomic mass is 16.2. The number of aryl methyl sites for hydroxylation is 1. The number of nitrogens with zero attached hydrogens (tertiary/aromatic N) is 5. The van der Waals surface area contributed by atoms with Gasteiger partial charge in [-0.3, -0.25) is 9.78 Å². The summed E-state index contributed by atoms with van der Waals surface area (Å²) >= 11 is 0. The maximum atomic E-state index is 12.9. The summed E-state index contributed by atoms with van der Waals surface area (Å²) in [6.07, 6.45) is 3.50. The van der Waals surface area contributed by atoms with Gasteiger partial charge in [-0.2, -0.15) is 0 Å². The Morgan fingerprint density at radius 1 is 0.824 bits per heavy atom. The van der Waals surface area contributed by atoms with Crippen LogP contribution in [-0.4, -0.2) is 30.9 Å². The molecule has 0 aliphatic rings. The fourth-order valence-electron chi connectivity index (χ4n) is 3.78. The summed E-state index contributed by atoms with van der Waals surface area (Å²) in [6, 6.07) is 27.4. The maximum Gasteiger partial charge on any atom is 0.247 e. The number of hydrogen-bond acceptors (Lipinski definition) is 5. The first-order valence-corrected chi connectivity index (χ1v) is 10.9. The highest BCUT2D eigenvalue weighted by molar-refractivity contribution is 5.90. The van der Waals surface area contributed by atoms with Crippen LogP contribution in [0.1, 0.15) is 5.69 Å². The average molecular weight is 447 g/mol. The Balaban J connectivity index is 1.39. The molecule has 3 heterocycles. The number of rotatable bonds is 6. The van der Waals surface area contributed by atoms with Crippen molar-refractivity contribution in [1.29, 1.82) is 0 Å². The predicted molar refractivity (Wildman–Crippen MR) is 132 cm³/mol. The number of carbonyl (C=O) groups excluding carboxylic acids is 1. The molecular weight excluding hydrogens is 424 g/mol. The molecule has 0 bridgehead atoms. The number of hydrogen-bond donors (Lipinski definition) is 1. The van der Waals surface area contributed by atoms with Gasteiger partial charge in [-0.05, 0) is 36.8 Å². The SMILES string of the molecule is Cc1cc(-c2nnn(CC(=O)Nc3ccc(-c4ccccc4)cn3)c2-c2ccccc2)ccn1. The molecule has 2 aromatic carbocycles. The highest BCUT2D eigenvalue weighted by Crippen LogP contribution is 2.30. The zero-order valence-corrected chi connectivity index (χ0v) is 18.6. The third-order valence-corrected chi connectivity index (χ3v) is 5.38. The van der Waals surface area contributed by atoms with Crippen molar-refractivity contribution in [3.8, 4) is 33.6 Å². The second-order valence-electron chi connectivity index (χ2n) is 7.84. The second-order valence-corrected chi connectivity index (χ2v) is 7.84. The summed E-state index contributed by atoms with van der Waals surface area (Å²) in [5.74, 6) is 0.246. The first-order chi connectivity index (χ1) is 16.7. The van der Waals surface area contributed by atoms with Crippen molar-refractivity contribution in [3.63, 3.8) is 0 Å². The van der Waals surface area contributed by atoms with Crippen molar-refractivity contribution in [2.24, 2.45) is 0 Å². The van der Waals surface area contributed by atoms with E-state index < -0.39 is 0 Å². The van der Waals surface area contributed by atoms with Crippen molar-refractivity contribution in [2.75, 3.05) is 5.32 Å². The Morgan fingerprint density at radius 3 is 2.24 bits per heavy atom. The van der Waals surface area contributed by atoms with Crippen LogP contribution in [0.2, 0.25) is 0 Å². The summed E-state index contributed by atoms with van der Waals surface area (Å²) in [5, 5.41) is 11.6. The van der Waals surface area contributed by atoms with Gasteiger partial charge in [0.2, 0.25) is 5.91 Å². The Kier molecular flexibility index (Phi) is 5.90. The van der Waals surface area contributed by atoms with E-state index in [1.54, 1.807) is 23.1 Å². The van der Waals surface area contributed by atoms with Gasteiger partial charge < -0.3 is 5.32 Å². The summed E-state index contributed by atoms with van der Waals surface area (Å²) in [6.45, 7) is 1.93. The molecule has 7 nitrogen and oxygen atoms in total. The van der Waals surface area contributed by atoms with Gasteiger partial charge in [0, 0.05) is 34.8 Å². The van der Waals surface area contributed by atoms with Crippen molar-refractivity contribution in [1.82, 2.24) is 25.0 Å². The number of aromatic nitrogens is 5. The lowest BCUT2D eigenvalue weighted by Gasteiger charge is -2.10. The Bertz CT molecular complexity index is 1410. The van der Waals surface area contributed by atoms with Crippen molar-refractivity contribution in [2.45, 2.75) is 13.5 Å². The lowest BCUT2D eigenvalue weighted by Crippen LogP contribution is -2.20. The summed E-state index contributed by atoms with van der Waals surface area (Å²) < 4.78 is 1.62. The Labute approximate surface area is 197 Å². The lowest BCUT2D eigenvalue weighted by molar-refractivity contribution is -0.116. The number of anilines is 1. The molecule has 0 saturated heterocycles. The quantitative estimate of drug-likeness (QED) is 0.396. The normalized spacial score (nSPS) is 10.7. The molecule has 3 aromatic heterocycles. The number of pyridine rings is 2. The van der Waals surface area contributed by atoms with Gasteiger partial charge in [0.25, 0.3) is 0 Å². The first-order valence-electron chi connectivity index (χ1n) is 10.9. The van der Waals surface area contributed by atoms with E-state index in [0.29, 0.717) is 11.5 Å². The standard InChI is InChI=1S/C27H22N6O/c1-19-16-22(14-15-28-19)26-27(21-10-6-3-7-11-21)33(32-31-26)18-25(34)30-24-13-12-23(17-29-24)20-8-4-2-5-9-20/h2-17H,18H2,1H3,(H,29,30,34). The predicted octanol–water partition coefficient (Wildman–Crippen LogP) is 5.02. The molecule has 0 radical (unpaired) electrons. The van der Waals surface area contributed by atoms with E-state index >= 15 is 0 Å². The van der Waals surface area contributed by atoms with Crippen LogP contribution in [0.4, 0.5) is 5.82 Å². The molecule has 5 rings (SSSR count). The molecule has 1 amide bonds. The van der Waals surface area contributed by atoms with Gasteiger partial charge in [-0.1, -0.05) is 65.9 Å². The van der Waals surface area contributed by atoms with Crippen LogP contribution >= 0.6 is 0 Å². The molecule has 0 fully saturated rings. The van der Waals surface area contributed by atoms with E-state index in [0.717, 1.165) is 33.6 Å². The van der Waals surface area contributed by atoms with Crippen LogP contribution < -0.4 is 5.32 Å². The third-order valence-electron chi connectivity index (χ3n) is 5.38. The summed E-state index contributed by atoms with van der Waals surface area (Å²) in [4.78, 5) is 21.5. The van der Waals surface area contributed by atoms with Crippen LogP contribution in [0, 0.1) is 6.92 Å². The smallest absolute Gasteiger partial charge is 0.247 e. The summed E-state index contributed by atoms with van der Waals surface area (Å²) in [5.41, 5.74) is 6.24. The van der Waals surface area contributed by atoms with Crippen molar-refractivity contribution < 1.29 is 4.79 Å². The minimum absolute atomic E-state index is 0.00338. The van der Waals surface area contributed by atoms with Crippen LogP contribution in [0.3, 0.4) is 0 Å². The topological polar surface area (TPSA) is 85.6 Å². The van der Waals surface area contributed by atoms with E-state index in [1.807, 2.05) is 85.8 Å². The van der Waals surface area contributed by atoms with E-state index in [4.69, 9.17) is 0 Å². The Morgan fingerprint density at radius 2 is 1.56 bits per heavy atom. The average Bonchev–Trinajstić information content (AvgIpc) is 3.29. The highest BCUT2D eigenvalue weighted by Gasteiger charge is 2.19. The first kappa shape index (κ1) is 21.2. The van der Waals surface area contributed by atoms with Gasteiger partial charge in [0.1, 0.15) is 18.1 Å². The minimum Gasteiger partial charge on any atom is -0.309 e. The van der Waals surface area contributed by atoms with E-state index in [-0.39, 0.29) is 12.5 Å². The molecule has 7 heteroatoms. The molecule has 166 valence electrons. The molecule has 0 aliphatic carbocycles. The number of amides is 1. The fourth-order valence-corrected chi connectivity index (χ4v) is 3.78. The van der Waals surface area contributed by atoms with Gasteiger partial charge >= 0.3 is 0 Å². The number of nitrogens with one attached hydrogen (secondary N) is 1. The molecular formula is C27H22N6O. The van der Waals surface area contributed by atoms with Gasteiger partial charge in [-0.25, -0.2) is 9.67 Å². The minimum atomic E-state index is -0.237. The molecule has 0 atom stereocenters. The van der Waals surface area contributed by atoms with E-state index in [9.17, 15) is 4.79 Å². The molecule has 0 saturated carbocycles. The van der Waals surface area contributed by atoms with Crippen LogP contribution in [0.5, 0.6) is 0 Å². The fraction of sp³-hybridized carbons (Fsp3) is 0.0741. The van der Waals surface area contributed by atoms with Crippen LogP contribution in [-0.2, 0) is 11.3 Å². The second kappa shape index (κ2) is 9.46. The molecule has 0 aliphatic heterocycles. The Hall–Kier alpha value is -4.65. The molecule has 1 N–H and O–H groups in total. The van der Waals surface area contributed by atoms with Crippen molar-refractivity contribution in [3.05, 3.63) is 103 Å². The zero-order chi connectivity index (χ0) is 23.3. The van der Waals surface area contributed by atoms with E-state index in [2.05, 4.69) is 25.6 Å².